The number of methoxy groups -OCH3 is 2. The van der Waals surface area contributed by atoms with E-state index >= 15 is 0 Å². The van der Waals surface area contributed by atoms with Crippen LogP contribution in [0.5, 0.6) is 11.5 Å². The lowest BCUT2D eigenvalue weighted by Crippen LogP contribution is -2.44. The van der Waals surface area contributed by atoms with Gasteiger partial charge in [0.15, 0.2) is 0 Å². The molecule has 28 heavy (non-hydrogen) atoms. The first-order chi connectivity index (χ1) is 13.3. The average Bonchev–Trinajstić information content (AvgIpc) is 3.00. The lowest BCUT2D eigenvalue weighted by atomic mass is 10.1. The Morgan fingerprint density at radius 1 is 1.32 bits per heavy atom. The van der Waals surface area contributed by atoms with Gasteiger partial charge in [-0.2, -0.15) is 0 Å². The highest BCUT2D eigenvalue weighted by molar-refractivity contribution is 8.01. The third-order valence-electron chi connectivity index (χ3n) is 4.64. The van der Waals surface area contributed by atoms with Gasteiger partial charge in [0.25, 0.3) is 0 Å². The van der Waals surface area contributed by atoms with Crippen molar-refractivity contribution in [1.82, 2.24) is 15.1 Å². The summed E-state index contributed by atoms with van der Waals surface area (Å²) in [7, 11) is 4.98. The van der Waals surface area contributed by atoms with Crippen molar-refractivity contribution < 1.29 is 19.1 Å². The minimum atomic E-state index is -0.177. The van der Waals surface area contributed by atoms with Gasteiger partial charge in [-0.1, -0.05) is 6.92 Å². The molecule has 1 aliphatic heterocycles. The SMILES string of the molecule is CCC1SC(c2cc(OC)ccc2OC)N(CCN(C)C(=O)NC(C)C)C1=O. The van der Waals surface area contributed by atoms with Crippen molar-refractivity contribution in [3.63, 3.8) is 0 Å². The number of carbonyl (C=O) groups excluding carboxylic acids is 2. The lowest BCUT2D eigenvalue weighted by Gasteiger charge is -2.28. The number of nitrogens with one attached hydrogen (secondary N) is 1. The smallest absolute Gasteiger partial charge is 0.317 e. The Morgan fingerprint density at radius 3 is 2.61 bits per heavy atom. The molecule has 8 heteroatoms. The van der Waals surface area contributed by atoms with Crippen molar-refractivity contribution in [3.8, 4) is 11.5 Å². The molecule has 3 amide bonds. The average molecular weight is 410 g/mol. The summed E-state index contributed by atoms with van der Waals surface area (Å²) < 4.78 is 10.9. The molecule has 1 N–H and O–H groups in total. The van der Waals surface area contributed by atoms with Gasteiger partial charge in [-0.3, -0.25) is 4.79 Å². The van der Waals surface area contributed by atoms with Crippen molar-refractivity contribution in [2.24, 2.45) is 0 Å². The van der Waals surface area contributed by atoms with E-state index in [4.69, 9.17) is 9.47 Å². The summed E-state index contributed by atoms with van der Waals surface area (Å²) in [6.07, 6.45) is 0.756. The van der Waals surface area contributed by atoms with Crippen LogP contribution in [0.25, 0.3) is 0 Å². The minimum absolute atomic E-state index is 0.0668. The van der Waals surface area contributed by atoms with Crippen LogP contribution in [-0.2, 0) is 4.79 Å². The molecule has 1 heterocycles. The second-order valence-corrected chi connectivity index (χ2v) is 8.34. The van der Waals surface area contributed by atoms with E-state index in [1.807, 2.05) is 43.9 Å². The van der Waals surface area contributed by atoms with E-state index in [1.54, 1.807) is 37.9 Å². The third kappa shape index (κ3) is 5.04. The molecule has 2 rings (SSSR count). The van der Waals surface area contributed by atoms with Gasteiger partial charge in [-0.25, -0.2) is 4.79 Å². The lowest BCUT2D eigenvalue weighted by molar-refractivity contribution is -0.130. The van der Waals surface area contributed by atoms with Crippen LogP contribution in [0, 0.1) is 0 Å². The highest BCUT2D eigenvalue weighted by atomic mass is 32.2. The van der Waals surface area contributed by atoms with Gasteiger partial charge in [0.2, 0.25) is 5.91 Å². The van der Waals surface area contributed by atoms with Crippen LogP contribution in [-0.4, -0.2) is 67.4 Å². The monoisotopic (exact) mass is 409 g/mol. The molecular weight excluding hydrogens is 378 g/mol. The van der Waals surface area contributed by atoms with Crippen LogP contribution in [0.3, 0.4) is 0 Å². The third-order valence-corrected chi connectivity index (χ3v) is 6.27. The molecule has 0 saturated carbocycles. The standard InChI is InChI=1S/C20H31N3O4S/c1-7-17-18(24)23(11-10-22(4)20(25)21-13(2)3)19(28-17)15-12-14(26-5)8-9-16(15)27-6/h8-9,12-13,17,19H,7,10-11H2,1-6H3,(H,21,25). The molecule has 1 fully saturated rings. The van der Waals surface area contributed by atoms with E-state index in [0.717, 1.165) is 23.5 Å². The number of benzene rings is 1. The molecule has 2 atom stereocenters. The van der Waals surface area contributed by atoms with Crippen LogP contribution in [0.4, 0.5) is 4.79 Å². The number of rotatable bonds is 8. The number of amides is 3. The quantitative estimate of drug-likeness (QED) is 0.714. The second-order valence-electron chi connectivity index (χ2n) is 7.05. The van der Waals surface area contributed by atoms with E-state index in [1.165, 1.54) is 0 Å². The molecule has 0 aromatic heterocycles. The number of thioether (sulfide) groups is 1. The molecule has 1 saturated heterocycles. The van der Waals surface area contributed by atoms with Gasteiger partial charge in [-0.05, 0) is 38.5 Å². The van der Waals surface area contributed by atoms with Crippen molar-refractivity contribution >= 4 is 23.7 Å². The van der Waals surface area contributed by atoms with E-state index in [2.05, 4.69) is 5.32 Å². The maximum atomic E-state index is 12.9. The number of ether oxygens (including phenoxy) is 2. The molecule has 0 spiro atoms. The largest absolute Gasteiger partial charge is 0.497 e. The topological polar surface area (TPSA) is 71.1 Å². The summed E-state index contributed by atoms with van der Waals surface area (Å²) >= 11 is 1.62. The zero-order chi connectivity index (χ0) is 20.8. The van der Waals surface area contributed by atoms with Crippen LogP contribution < -0.4 is 14.8 Å². The fourth-order valence-corrected chi connectivity index (χ4v) is 4.52. The molecule has 156 valence electrons. The highest BCUT2D eigenvalue weighted by Gasteiger charge is 2.41. The first kappa shape index (κ1) is 22.2. The number of hydrogen-bond donors (Lipinski definition) is 1. The molecule has 0 aliphatic carbocycles. The molecule has 1 aromatic rings. The Labute approximate surface area is 171 Å². The van der Waals surface area contributed by atoms with E-state index < -0.39 is 0 Å². The summed E-state index contributed by atoms with van der Waals surface area (Å²) in [5, 5.41) is 2.59. The Morgan fingerprint density at radius 2 is 2.04 bits per heavy atom. The first-order valence-electron chi connectivity index (χ1n) is 9.51. The summed E-state index contributed by atoms with van der Waals surface area (Å²) in [5.41, 5.74) is 0.908. The number of nitrogens with zero attached hydrogens (tertiary/aromatic N) is 2. The Bertz CT molecular complexity index is 698. The predicted molar refractivity (Wildman–Crippen MR) is 112 cm³/mol. The second kappa shape index (κ2) is 9.91. The van der Waals surface area contributed by atoms with Crippen molar-refractivity contribution in [3.05, 3.63) is 23.8 Å². The van der Waals surface area contributed by atoms with Crippen molar-refractivity contribution in [2.45, 2.75) is 43.9 Å². The molecule has 2 unspecified atom stereocenters. The maximum Gasteiger partial charge on any atom is 0.317 e. The summed E-state index contributed by atoms with van der Waals surface area (Å²) in [5.74, 6) is 1.54. The van der Waals surface area contributed by atoms with Crippen LogP contribution in [0.15, 0.2) is 18.2 Å². The summed E-state index contributed by atoms with van der Waals surface area (Å²) in [6.45, 7) is 6.76. The van der Waals surface area contributed by atoms with Gasteiger partial charge in [-0.15, -0.1) is 11.8 Å². The van der Waals surface area contributed by atoms with Gasteiger partial charge < -0.3 is 24.6 Å². The van der Waals surface area contributed by atoms with Gasteiger partial charge >= 0.3 is 6.03 Å². The van der Waals surface area contributed by atoms with E-state index in [0.29, 0.717) is 13.1 Å². The van der Waals surface area contributed by atoms with Crippen LogP contribution >= 0.6 is 11.8 Å². The van der Waals surface area contributed by atoms with E-state index in [-0.39, 0.29) is 28.6 Å². The number of hydrogen-bond acceptors (Lipinski definition) is 5. The molecule has 1 aromatic carbocycles. The zero-order valence-corrected chi connectivity index (χ0v) is 18.3. The van der Waals surface area contributed by atoms with Crippen molar-refractivity contribution in [1.29, 1.82) is 0 Å². The normalized spacial score (nSPS) is 19.1. The molecule has 1 aliphatic rings. The Hall–Kier alpha value is -2.09. The Kier molecular flexibility index (Phi) is 7.86. The number of urea groups is 1. The zero-order valence-electron chi connectivity index (χ0n) is 17.5. The van der Waals surface area contributed by atoms with Crippen molar-refractivity contribution in [2.75, 3.05) is 34.4 Å². The van der Waals surface area contributed by atoms with Gasteiger partial charge in [0, 0.05) is 31.7 Å². The first-order valence-corrected chi connectivity index (χ1v) is 10.5. The molecule has 0 radical (unpaired) electrons. The maximum absolute atomic E-state index is 12.9. The minimum Gasteiger partial charge on any atom is -0.497 e. The summed E-state index contributed by atoms with van der Waals surface area (Å²) in [4.78, 5) is 28.6. The fraction of sp³-hybridized carbons (Fsp3) is 0.600. The fourth-order valence-electron chi connectivity index (χ4n) is 3.08. The highest BCUT2D eigenvalue weighted by Crippen LogP contribution is 2.47. The van der Waals surface area contributed by atoms with Crippen LogP contribution in [0.2, 0.25) is 0 Å². The predicted octanol–water partition coefficient (Wildman–Crippen LogP) is 3.11. The Balaban J connectivity index is 2.23. The molecule has 7 nitrogen and oxygen atoms in total. The number of likely N-dealkylation sites (N-methyl/N-ethyl adjacent to an activating group) is 1. The summed E-state index contributed by atoms with van der Waals surface area (Å²) in [6, 6.07) is 5.55. The van der Waals surface area contributed by atoms with Gasteiger partial charge in [0.05, 0.1) is 19.5 Å². The van der Waals surface area contributed by atoms with Crippen LogP contribution in [0.1, 0.15) is 38.1 Å². The number of carbonyl (C=O) groups is 2. The van der Waals surface area contributed by atoms with E-state index in [9.17, 15) is 9.59 Å². The molecular formula is C20H31N3O4S. The van der Waals surface area contributed by atoms with Gasteiger partial charge in [0.1, 0.15) is 16.9 Å². The molecule has 0 bridgehead atoms.